The highest BCUT2D eigenvalue weighted by molar-refractivity contribution is 7.93. The molecule has 0 unspecified atom stereocenters. The number of benzene rings is 6. The lowest BCUT2D eigenvalue weighted by molar-refractivity contribution is 0.0988. The zero-order valence-electron chi connectivity index (χ0n) is 32.9. The van der Waals surface area contributed by atoms with E-state index in [2.05, 4.69) is 0 Å². The number of carbonyl (C=O) groups is 2. The number of hydrogen-bond acceptors (Lipinski definition) is 7. The molecule has 18 heteroatoms. The lowest BCUT2D eigenvalue weighted by Gasteiger charge is -2.31. The van der Waals surface area contributed by atoms with Crippen molar-refractivity contribution in [3.63, 3.8) is 0 Å². The number of aryl methyl sites for hydroxylation is 2. The van der Waals surface area contributed by atoms with Gasteiger partial charge in [0, 0.05) is 35.2 Å². The van der Waals surface area contributed by atoms with E-state index in [1.165, 1.54) is 75.3 Å². The second-order valence-corrected chi connectivity index (χ2v) is 19.9. The van der Waals surface area contributed by atoms with Gasteiger partial charge in [-0.3, -0.25) is 18.2 Å². The molecule has 0 radical (unpaired) electrons. The van der Waals surface area contributed by atoms with Gasteiger partial charge in [0.05, 0.1) is 42.3 Å². The van der Waals surface area contributed by atoms with E-state index in [1.807, 2.05) is 12.1 Å². The third kappa shape index (κ3) is 11.1. The summed E-state index contributed by atoms with van der Waals surface area (Å²) in [6, 6.07) is 31.0. The smallest absolute Gasteiger partial charge is 0.264 e. The SMILES string of the molecule is Nc1ccc2c(c1)N(S(=O)(=O)c1ccc(Cl)cc1)CCC2.O=C(Cc1ccc2c(c1)N(S(=O)(=O)c1ccc(Cl)cc1)CCC2)c1c(F)cccc1Cl.O=C(Cl)c1c(F)cccc1Cl. The fourth-order valence-electron chi connectivity index (χ4n) is 6.95. The van der Waals surface area contributed by atoms with Crippen molar-refractivity contribution in [2.45, 2.75) is 41.9 Å². The van der Waals surface area contributed by atoms with Crippen LogP contribution in [-0.2, 0) is 39.3 Å². The highest BCUT2D eigenvalue weighted by Crippen LogP contribution is 2.35. The Morgan fingerprint density at radius 3 is 1.48 bits per heavy atom. The molecule has 63 heavy (non-hydrogen) atoms. The normalized spacial score (nSPS) is 13.4. The second kappa shape index (κ2) is 20.4. The number of nitrogens with two attached hydrogens (primary N) is 1. The van der Waals surface area contributed by atoms with Crippen molar-refractivity contribution in [2.75, 3.05) is 27.4 Å². The first-order valence-electron chi connectivity index (χ1n) is 19.1. The first-order chi connectivity index (χ1) is 29.9. The Morgan fingerprint density at radius 1 is 0.587 bits per heavy atom. The molecular weight excluding hydrogens is 958 g/mol. The van der Waals surface area contributed by atoms with Crippen LogP contribution in [0.2, 0.25) is 20.1 Å². The number of sulfonamides is 2. The van der Waals surface area contributed by atoms with Gasteiger partial charge in [-0.2, -0.15) is 0 Å². The molecule has 0 fully saturated rings. The molecule has 2 heterocycles. The Hall–Kier alpha value is -4.73. The number of halogens is 7. The number of nitrogen functional groups attached to an aromatic ring is 1. The number of Topliss-reactive ketones (excluding diaryl/α,β-unsaturated/α-hetero) is 1. The molecule has 0 saturated carbocycles. The molecule has 2 aliphatic rings. The minimum Gasteiger partial charge on any atom is -0.399 e. The molecule has 9 nitrogen and oxygen atoms in total. The van der Waals surface area contributed by atoms with Gasteiger partial charge in [-0.25, -0.2) is 25.6 Å². The van der Waals surface area contributed by atoms with Crippen LogP contribution in [0.4, 0.5) is 25.8 Å². The molecule has 0 aliphatic carbocycles. The van der Waals surface area contributed by atoms with Gasteiger partial charge in [-0.15, -0.1) is 0 Å². The van der Waals surface area contributed by atoms with E-state index in [9.17, 15) is 35.2 Å². The van der Waals surface area contributed by atoms with E-state index >= 15 is 0 Å². The molecule has 2 N–H and O–H groups in total. The van der Waals surface area contributed by atoms with Gasteiger partial charge in [0.25, 0.3) is 25.3 Å². The van der Waals surface area contributed by atoms with Crippen LogP contribution in [0, 0.1) is 11.6 Å². The Balaban J connectivity index is 0.000000177. The van der Waals surface area contributed by atoms with Crippen LogP contribution >= 0.6 is 58.0 Å². The van der Waals surface area contributed by atoms with E-state index in [1.54, 1.807) is 36.4 Å². The molecule has 0 atom stereocenters. The fourth-order valence-corrected chi connectivity index (χ4v) is 11.0. The van der Waals surface area contributed by atoms with E-state index < -0.39 is 42.7 Å². The van der Waals surface area contributed by atoms with Gasteiger partial charge >= 0.3 is 0 Å². The lowest BCUT2D eigenvalue weighted by atomic mass is 9.97. The molecule has 0 spiro atoms. The van der Waals surface area contributed by atoms with E-state index in [4.69, 9.17) is 63.7 Å². The van der Waals surface area contributed by atoms with Crippen molar-refractivity contribution in [2.24, 2.45) is 0 Å². The summed E-state index contributed by atoms with van der Waals surface area (Å²) in [7, 11) is -7.38. The molecule has 6 aromatic carbocycles. The van der Waals surface area contributed by atoms with Crippen molar-refractivity contribution < 1.29 is 35.2 Å². The van der Waals surface area contributed by atoms with Gasteiger partial charge in [-0.1, -0.05) is 76.7 Å². The molecule has 8 rings (SSSR count). The Labute approximate surface area is 389 Å². The third-order valence-electron chi connectivity index (χ3n) is 9.98. The topological polar surface area (TPSA) is 135 Å². The summed E-state index contributed by atoms with van der Waals surface area (Å²) in [6.07, 6.45) is 2.98. The van der Waals surface area contributed by atoms with Crippen LogP contribution in [0.15, 0.2) is 131 Å². The third-order valence-corrected chi connectivity index (χ3v) is 15.0. The minimum absolute atomic E-state index is 0.0324. The van der Waals surface area contributed by atoms with Gasteiger partial charge in [0.2, 0.25) is 0 Å². The monoisotopic (exact) mass is 991 g/mol. The molecule has 2 aliphatic heterocycles. The maximum atomic E-state index is 14.1. The average Bonchev–Trinajstić information content (AvgIpc) is 3.23. The summed E-state index contributed by atoms with van der Waals surface area (Å²) in [5.74, 6) is -1.84. The average molecular weight is 994 g/mol. The summed E-state index contributed by atoms with van der Waals surface area (Å²) in [5, 5.41) is 0.163. The zero-order valence-corrected chi connectivity index (χ0v) is 38.3. The lowest BCUT2D eigenvalue weighted by Crippen LogP contribution is -2.35. The molecule has 6 aromatic rings. The van der Waals surface area contributed by atoms with Crippen molar-refractivity contribution in [3.05, 3.63) is 181 Å². The Morgan fingerprint density at radius 2 is 1.03 bits per heavy atom. The number of carbonyl (C=O) groups excluding carboxylic acids is 2. The molecule has 0 bridgehead atoms. The molecule has 0 saturated heterocycles. The molecular formula is C45H36Cl5F2N3O6S2. The number of anilines is 3. The van der Waals surface area contributed by atoms with Crippen LogP contribution in [0.1, 0.15) is 50.2 Å². The van der Waals surface area contributed by atoms with Gasteiger partial charge in [0.15, 0.2) is 5.78 Å². The standard InChI is InChI=1S/C23H18Cl2FNO3S.C15H15ClN2O2S.C7H3Cl2FO/c24-17-8-10-18(11-9-17)31(29,30)27-12-2-3-16-7-6-15(13-21(16)27)14-22(28)23-19(25)4-1-5-20(23)26;16-12-4-7-14(8-5-12)21(19,20)18-9-1-2-11-3-6-13(17)10-15(11)18;8-4-2-1-3-5(10)6(4)7(9)11/h1,4-11,13H,2-3,12,14H2;3-8,10H,1-2,9,17H2;1-3H. The molecule has 0 amide bonds. The summed E-state index contributed by atoms with van der Waals surface area (Å²) in [6.45, 7) is 0.788. The summed E-state index contributed by atoms with van der Waals surface area (Å²) >= 11 is 28.3. The number of hydrogen-bond donors (Lipinski definition) is 1. The Kier molecular flexibility index (Phi) is 15.5. The van der Waals surface area contributed by atoms with E-state index in [0.29, 0.717) is 52.2 Å². The first-order valence-corrected chi connectivity index (χ1v) is 23.8. The number of rotatable bonds is 8. The van der Waals surface area contributed by atoms with Crippen LogP contribution in [-0.4, -0.2) is 41.0 Å². The first kappa shape index (κ1) is 47.7. The highest BCUT2D eigenvalue weighted by Gasteiger charge is 2.31. The second-order valence-electron chi connectivity index (χ2n) is 14.2. The van der Waals surface area contributed by atoms with Crippen molar-refractivity contribution in [1.29, 1.82) is 0 Å². The minimum atomic E-state index is -3.79. The molecule has 0 aromatic heterocycles. The Bertz CT molecular complexity index is 2870. The summed E-state index contributed by atoms with van der Waals surface area (Å²) < 4.78 is 81.8. The van der Waals surface area contributed by atoms with Gasteiger partial charge < -0.3 is 5.73 Å². The molecule has 328 valence electrons. The number of nitrogens with zero attached hydrogens (tertiary/aromatic N) is 2. The summed E-state index contributed by atoms with van der Waals surface area (Å²) in [4.78, 5) is 23.6. The fraction of sp³-hybridized carbons (Fsp3) is 0.156. The highest BCUT2D eigenvalue weighted by atomic mass is 35.5. The van der Waals surface area contributed by atoms with Gasteiger partial charge in [-0.05, 0) is 145 Å². The van der Waals surface area contributed by atoms with Crippen molar-refractivity contribution in [3.8, 4) is 0 Å². The zero-order chi connectivity index (χ0) is 45.6. The van der Waals surface area contributed by atoms with Crippen LogP contribution in [0.3, 0.4) is 0 Å². The van der Waals surface area contributed by atoms with Crippen LogP contribution in [0.25, 0.3) is 0 Å². The predicted molar refractivity (Wildman–Crippen MR) is 247 cm³/mol. The van der Waals surface area contributed by atoms with Crippen LogP contribution < -0.4 is 14.3 Å². The quantitative estimate of drug-likeness (QED) is 0.0911. The van der Waals surface area contributed by atoms with Gasteiger partial charge in [0.1, 0.15) is 11.6 Å². The maximum Gasteiger partial charge on any atom is 0.264 e. The van der Waals surface area contributed by atoms with Crippen LogP contribution in [0.5, 0.6) is 0 Å². The predicted octanol–water partition coefficient (Wildman–Crippen LogP) is 11.6. The van der Waals surface area contributed by atoms with Crippen molar-refractivity contribution >= 4 is 106 Å². The number of fused-ring (bicyclic) bond motifs is 2. The van der Waals surface area contributed by atoms with E-state index in [-0.39, 0.29) is 37.4 Å². The van der Waals surface area contributed by atoms with Crippen molar-refractivity contribution in [1.82, 2.24) is 0 Å². The largest absolute Gasteiger partial charge is 0.399 e. The maximum absolute atomic E-state index is 14.1. The van der Waals surface area contributed by atoms with E-state index in [0.717, 1.165) is 36.5 Å². The summed E-state index contributed by atoms with van der Waals surface area (Å²) in [5.41, 5.74) is 9.62. The number of ketones is 1.